The first kappa shape index (κ1) is 11.5. The van der Waals surface area contributed by atoms with Gasteiger partial charge in [-0.3, -0.25) is 4.90 Å². The van der Waals surface area contributed by atoms with Gasteiger partial charge in [-0.2, -0.15) is 0 Å². The Balaban J connectivity index is 1.78. The minimum atomic E-state index is -0.854. The molecule has 6 heteroatoms. The van der Waals surface area contributed by atoms with Crippen LogP contribution in [0.15, 0.2) is 6.20 Å². The standard InChI is InChI=1S/C12H18N4O2/c17-12(18)16-6-5-15-7-10(14-11(15)8-16)9-1-3-13-4-2-9/h7,9,13H,1-6,8H2,(H,17,18). The molecular weight excluding hydrogens is 232 g/mol. The van der Waals surface area contributed by atoms with Gasteiger partial charge < -0.3 is 15.0 Å². The Hall–Kier alpha value is -1.56. The molecule has 0 bridgehead atoms. The number of carboxylic acid groups (broad SMARTS) is 1. The molecule has 0 radical (unpaired) electrons. The van der Waals surface area contributed by atoms with Crippen LogP contribution in [0.25, 0.3) is 0 Å². The van der Waals surface area contributed by atoms with E-state index in [-0.39, 0.29) is 0 Å². The topological polar surface area (TPSA) is 70.4 Å². The lowest BCUT2D eigenvalue weighted by molar-refractivity contribution is 0.131. The second-order valence-corrected chi connectivity index (χ2v) is 5.00. The number of hydrogen-bond donors (Lipinski definition) is 2. The van der Waals surface area contributed by atoms with Crippen LogP contribution in [0.2, 0.25) is 0 Å². The molecule has 3 rings (SSSR count). The predicted molar refractivity (Wildman–Crippen MR) is 65.5 cm³/mol. The highest BCUT2D eigenvalue weighted by Crippen LogP contribution is 2.25. The number of carbonyl (C=O) groups is 1. The van der Waals surface area contributed by atoms with Crippen molar-refractivity contribution in [3.05, 3.63) is 17.7 Å². The molecule has 3 heterocycles. The maximum absolute atomic E-state index is 11.0. The lowest BCUT2D eigenvalue weighted by Gasteiger charge is -2.24. The number of aromatic nitrogens is 2. The third-order valence-corrected chi connectivity index (χ3v) is 3.85. The van der Waals surface area contributed by atoms with Crippen molar-refractivity contribution in [2.45, 2.75) is 31.8 Å². The zero-order chi connectivity index (χ0) is 12.5. The summed E-state index contributed by atoms with van der Waals surface area (Å²) in [6.07, 6.45) is 3.51. The summed E-state index contributed by atoms with van der Waals surface area (Å²) in [6.45, 7) is 3.80. The van der Waals surface area contributed by atoms with Crippen molar-refractivity contribution < 1.29 is 9.90 Å². The Morgan fingerprint density at radius 3 is 2.89 bits per heavy atom. The lowest BCUT2D eigenvalue weighted by atomic mass is 9.95. The Labute approximate surface area is 106 Å². The monoisotopic (exact) mass is 250 g/mol. The third-order valence-electron chi connectivity index (χ3n) is 3.85. The van der Waals surface area contributed by atoms with Crippen molar-refractivity contribution in [1.82, 2.24) is 19.8 Å². The molecule has 98 valence electrons. The molecule has 1 aromatic rings. The maximum atomic E-state index is 11.0. The fraction of sp³-hybridized carbons (Fsp3) is 0.667. The molecule has 0 aliphatic carbocycles. The van der Waals surface area contributed by atoms with E-state index in [9.17, 15) is 4.79 Å². The van der Waals surface area contributed by atoms with Crippen LogP contribution in [0.5, 0.6) is 0 Å². The van der Waals surface area contributed by atoms with E-state index in [1.54, 1.807) is 0 Å². The van der Waals surface area contributed by atoms with Gasteiger partial charge in [0.15, 0.2) is 0 Å². The van der Waals surface area contributed by atoms with Gasteiger partial charge in [0.2, 0.25) is 0 Å². The van der Waals surface area contributed by atoms with Gasteiger partial charge in [0.25, 0.3) is 0 Å². The molecule has 0 atom stereocenters. The van der Waals surface area contributed by atoms with E-state index in [1.165, 1.54) is 4.90 Å². The summed E-state index contributed by atoms with van der Waals surface area (Å²) in [7, 11) is 0. The minimum Gasteiger partial charge on any atom is -0.465 e. The SMILES string of the molecule is O=C(O)N1CCn2cc(C3CCNCC3)nc2C1. The van der Waals surface area contributed by atoms with Gasteiger partial charge in [0.1, 0.15) is 5.82 Å². The quantitative estimate of drug-likeness (QED) is 0.775. The molecule has 0 aromatic carbocycles. The summed E-state index contributed by atoms with van der Waals surface area (Å²) in [4.78, 5) is 17.0. The largest absolute Gasteiger partial charge is 0.465 e. The van der Waals surface area contributed by atoms with Gasteiger partial charge in [-0.05, 0) is 25.9 Å². The van der Waals surface area contributed by atoms with E-state index in [1.807, 2.05) is 0 Å². The summed E-state index contributed by atoms with van der Waals surface area (Å²) in [5.74, 6) is 1.42. The van der Waals surface area contributed by atoms with Gasteiger partial charge >= 0.3 is 6.09 Å². The Morgan fingerprint density at radius 1 is 1.39 bits per heavy atom. The van der Waals surface area contributed by atoms with Gasteiger partial charge in [0.05, 0.1) is 12.2 Å². The number of imidazole rings is 1. The molecule has 1 aromatic heterocycles. The van der Waals surface area contributed by atoms with Crippen LogP contribution in [0.3, 0.4) is 0 Å². The molecule has 2 N–H and O–H groups in total. The summed E-state index contributed by atoms with van der Waals surface area (Å²) in [5, 5.41) is 12.3. The Kier molecular flexibility index (Phi) is 2.95. The Morgan fingerprint density at radius 2 is 2.17 bits per heavy atom. The number of nitrogens with one attached hydrogen (secondary N) is 1. The number of hydrogen-bond acceptors (Lipinski definition) is 3. The second-order valence-electron chi connectivity index (χ2n) is 5.00. The summed E-state index contributed by atoms with van der Waals surface area (Å²) in [5.41, 5.74) is 1.14. The summed E-state index contributed by atoms with van der Waals surface area (Å²) in [6, 6.07) is 0. The average molecular weight is 250 g/mol. The Bertz CT molecular complexity index is 451. The van der Waals surface area contributed by atoms with Crippen LogP contribution in [0.1, 0.15) is 30.3 Å². The van der Waals surface area contributed by atoms with E-state index < -0.39 is 6.09 Å². The van der Waals surface area contributed by atoms with Crippen LogP contribution in [0.4, 0.5) is 4.79 Å². The van der Waals surface area contributed by atoms with Crippen LogP contribution < -0.4 is 5.32 Å². The van der Waals surface area contributed by atoms with Crippen molar-refractivity contribution in [3.63, 3.8) is 0 Å². The smallest absolute Gasteiger partial charge is 0.407 e. The number of fused-ring (bicyclic) bond motifs is 1. The average Bonchev–Trinajstić information content (AvgIpc) is 2.82. The first-order chi connectivity index (χ1) is 8.74. The first-order valence-corrected chi connectivity index (χ1v) is 6.48. The fourth-order valence-corrected chi connectivity index (χ4v) is 2.75. The number of nitrogens with zero attached hydrogens (tertiary/aromatic N) is 3. The van der Waals surface area contributed by atoms with E-state index in [0.717, 1.165) is 44.0 Å². The summed E-state index contributed by atoms with van der Waals surface area (Å²) >= 11 is 0. The third kappa shape index (κ3) is 2.08. The summed E-state index contributed by atoms with van der Waals surface area (Å²) < 4.78 is 2.11. The molecule has 0 spiro atoms. The zero-order valence-corrected chi connectivity index (χ0v) is 10.3. The van der Waals surface area contributed by atoms with Crippen LogP contribution >= 0.6 is 0 Å². The number of piperidine rings is 1. The minimum absolute atomic E-state index is 0.417. The highest BCUT2D eigenvalue weighted by molar-refractivity contribution is 5.65. The fourth-order valence-electron chi connectivity index (χ4n) is 2.75. The van der Waals surface area contributed by atoms with E-state index >= 15 is 0 Å². The van der Waals surface area contributed by atoms with Crippen molar-refractivity contribution in [2.75, 3.05) is 19.6 Å². The molecule has 0 saturated carbocycles. The number of amides is 1. The molecule has 0 unspecified atom stereocenters. The van der Waals surface area contributed by atoms with Crippen LogP contribution in [0, 0.1) is 0 Å². The molecule has 1 saturated heterocycles. The highest BCUT2D eigenvalue weighted by atomic mass is 16.4. The lowest BCUT2D eigenvalue weighted by Crippen LogP contribution is -2.37. The zero-order valence-electron chi connectivity index (χ0n) is 10.3. The second kappa shape index (κ2) is 4.61. The molecule has 6 nitrogen and oxygen atoms in total. The highest BCUT2D eigenvalue weighted by Gasteiger charge is 2.24. The van der Waals surface area contributed by atoms with E-state index in [4.69, 9.17) is 5.11 Å². The predicted octanol–water partition coefficient (Wildman–Crippen LogP) is 0.844. The van der Waals surface area contributed by atoms with Crippen molar-refractivity contribution >= 4 is 6.09 Å². The van der Waals surface area contributed by atoms with Gasteiger partial charge in [0, 0.05) is 25.2 Å². The molecule has 18 heavy (non-hydrogen) atoms. The van der Waals surface area contributed by atoms with Crippen LogP contribution in [-0.4, -0.2) is 45.3 Å². The molecular formula is C12H18N4O2. The van der Waals surface area contributed by atoms with Crippen molar-refractivity contribution in [2.24, 2.45) is 0 Å². The van der Waals surface area contributed by atoms with Crippen molar-refractivity contribution in [3.8, 4) is 0 Å². The molecule has 2 aliphatic heterocycles. The van der Waals surface area contributed by atoms with E-state index in [0.29, 0.717) is 19.0 Å². The van der Waals surface area contributed by atoms with Gasteiger partial charge in [-0.15, -0.1) is 0 Å². The van der Waals surface area contributed by atoms with Gasteiger partial charge in [-0.1, -0.05) is 0 Å². The molecule has 2 aliphatic rings. The van der Waals surface area contributed by atoms with Crippen LogP contribution in [-0.2, 0) is 13.1 Å². The van der Waals surface area contributed by atoms with E-state index in [2.05, 4.69) is 21.1 Å². The van der Waals surface area contributed by atoms with Crippen molar-refractivity contribution in [1.29, 1.82) is 0 Å². The van der Waals surface area contributed by atoms with Gasteiger partial charge in [-0.25, -0.2) is 9.78 Å². The molecule has 1 fully saturated rings. The normalized spacial score (nSPS) is 20.8. The first-order valence-electron chi connectivity index (χ1n) is 6.48. The molecule has 1 amide bonds. The number of rotatable bonds is 1. The maximum Gasteiger partial charge on any atom is 0.407 e.